The number of rotatable bonds is 11. The van der Waals surface area contributed by atoms with Crippen LogP contribution in [0.25, 0.3) is 0 Å². The van der Waals surface area contributed by atoms with Gasteiger partial charge in [-0.3, -0.25) is 9.36 Å². The molecule has 1 fully saturated rings. The fraction of sp³-hybridized carbons (Fsp3) is 0.216. The lowest BCUT2D eigenvalue weighted by molar-refractivity contribution is -0.0944. The molecule has 6 rings (SSSR count). The Bertz CT molecular complexity index is 1800. The molecular weight excluding hydrogens is 598 g/mol. The van der Waals surface area contributed by atoms with Gasteiger partial charge in [0.1, 0.15) is 35.2 Å². The molecular formula is C37H35N3O7. The van der Waals surface area contributed by atoms with Crippen molar-refractivity contribution in [2.45, 2.75) is 30.5 Å². The monoisotopic (exact) mass is 633 g/mol. The predicted molar refractivity (Wildman–Crippen MR) is 176 cm³/mol. The zero-order valence-electron chi connectivity index (χ0n) is 26.0. The molecule has 3 atom stereocenters. The van der Waals surface area contributed by atoms with E-state index < -0.39 is 29.7 Å². The van der Waals surface area contributed by atoms with Crippen molar-refractivity contribution in [2.75, 3.05) is 26.1 Å². The van der Waals surface area contributed by atoms with Crippen molar-refractivity contribution in [3.63, 3.8) is 0 Å². The van der Waals surface area contributed by atoms with E-state index in [1.807, 2.05) is 84.9 Å². The molecule has 2 heterocycles. The van der Waals surface area contributed by atoms with Crippen molar-refractivity contribution in [3.05, 3.63) is 154 Å². The van der Waals surface area contributed by atoms with Gasteiger partial charge in [0.25, 0.3) is 5.91 Å². The van der Waals surface area contributed by atoms with Gasteiger partial charge in [0.05, 0.1) is 26.9 Å². The summed E-state index contributed by atoms with van der Waals surface area (Å²) in [4.78, 5) is 29.6. The Labute approximate surface area is 272 Å². The molecule has 10 nitrogen and oxygen atoms in total. The van der Waals surface area contributed by atoms with Gasteiger partial charge in [-0.1, -0.05) is 72.8 Å². The zero-order valence-corrected chi connectivity index (χ0v) is 26.0. The third-order valence-corrected chi connectivity index (χ3v) is 8.26. The minimum atomic E-state index is -1.10. The van der Waals surface area contributed by atoms with Gasteiger partial charge in [0.15, 0.2) is 0 Å². The minimum Gasteiger partial charge on any atom is -0.497 e. The lowest BCUT2D eigenvalue weighted by Gasteiger charge is -2.37. The molecule has 0 unspecified atom stereocenters. The summed E-state index contributed by atoms with van der Waals surface area (Å²) in [5.41, 5.74) is 1.27. The summed E-state index contributed by atoms with van der Waals surface area (Å²) in [6, 6.07) is 35.3. The van der Waals surface area contributed by atoms with Crippen molar-refractivity contribution in [1.29, 1.82) is 0 Å². The lowest BCUT2D eigenvalue weighted by Crippen LogP contribution is -2.38. The Balaban J connectivity index is 1.26. The number of carbonyl (C=O) groups is 1. The number of methoxy groups -OCH3 is 2. The Kier molecular flexibility index (Phi) is 9.44. The van der Waals surface area contributed by atoms with E-state index in [9.17, 15) is 14.7 Å². The van der Waals surface area contributed by atoms with Crippen molar-refractivity contribution < 1.29 is 28.8 Å². The predicted octanol–water partition coefficient (Wildman–Crippen LogP) is 5.17. The van der Waals surface area contributed by atoms with Crippen LogP contribution in [0.5, 0.6) is 11.5 Å². The fourth-order valence-corrected chi connectivity index (χ4v) is 5.80. The van der Waals surface area contributed by atoms with Gasteiger partial charge in [-0.05, 0) is 59.2 Å². The first-order chi connectivity index (χ1) is 22.9. The number of aliphatic hydroxyl groups excluding tert-OH is 1. The number of hydrogen-bond donors (Lipinski definition) is 2. The molecule has 0 radical (unpaired) electrons. The van der Waals surface area contributed by atoms with Gasteiger partial charge in [-0.2, -0.15) is 4.98 Å². The topological polar surface area (TPSA) is 121 Å². The van der Waals surface area contributed by atoms with Crippen LogP contribution < -0.4 is 20.5 Å². The zero-order chi connectivity index (χ0) is 32.8. The van der Waals surface area contributed by atoms with Crippen LogP contribution in [0.15, 0.2) is 126 Å². The first-order valence-corrected chi connectivity index (χ1v) is 15.2. The molecule has 0 bridgehead atoms. The van der Waals surface area contributed by atoms with Gasteiger partial charge >= 0.3 is 5.69 Å². The average Bonchev–Trinajstić information content (AvgIpc) is 3.49. The van der Waals surface area contributed by atoms with E-state index in [4.69, 9.17) is 18.9 Å². The summed E-state index contributed by atoms with van der Waals surface area (Å²) in [7, 11) is 3.23. The van der Waals surface area contributed by atoms with Crippen LogP contribution in [0.3, 0.4) is 0 Å². The summed E-state index contributed by atoms with van der Waals surface area (Å²) >= 11 is 0. The van der Waals surface area contributed by atoms with Gasteiger partial charge in [-0.25, -0.2) is 4.79 Å². The van der Waals surface area contributed by atoms with Crippen LogP contribution in [-0.2, 0) is 15.1 Å². The van der Waals surface area contributed by atoms with Crippen LogP contribution >= 0.6 is 0 Å². The molecule has 0 saturated carbocycles. The van der Waals surface area contributed by atoms with E-state index in [-0.39, 0.29) is 24.8 Å². The Hall–Kier alpha value is -5.29. The fourth-order valence-electron chi connectivity index (χ4n) is 5.80. The molecule has 4 aromatic carbocycles. The molecule has 1 aromatic heterocycles. The van der Waals surface area contributed by atoms with Crippen LogP contribution in [-0.4, -0.2) is 53.6 Å². The highest BCUT2D eigenvalue weighted by molar-refractivity contribution is 6.03. The minimum absolute atomic E-state index is 0.00197. The number of amides is 1. The van der Waals surface area contributed by atoms with E-state index in [2.05, 4.69) is 10.3 Å². The summed E-state index contributed by atoms with van der Waals surface area (Å²) in [5.74, 6) is 1.14. The standard InChI is InChI=1S/C37H35N3O7/c1-44-29-17-13-27(14-18-29)37(26-11-7-4-8-12-26,28-15-19-30(45-2)20-16-28)46-24-32-31(41)23-34(47-32)40-22-21-33(39-36(40)43)38-35(42)25-9-5-3-6-10-25/h3-22,31-32,34,41H,23-24H2,1-2H3,(H,38,39,42,43)/t31-,32-,34+/m0/s1. The van der Waals surface area contributed by atoms with E-state index >= 15 is 0 Å². The Morgan fingerprint density at radius 2 is 1.40 bits per heavy atom. The number of carbonyl (C=O) groups excluding carboxylic acids is 1. The highest BCUT2D eigenvalue weighted by Crippen LogP contribution is 2.42. The number of ether oxygens (including phenoxy) is 4. The largest absolute Gasteiger partial charge is 0.497 e. The van der Waals surface area contributed by atoms with Crippen LogP contribution in [0, 0.1) is 0 Å². The molecule has 5 aromatic rings. The number of aliphatic hydroxyl groups is 1. The summed E-state index contributed by atoms with van der Waals surface area (Å²) in [6.07, 6.45) is -0.826. The average molecular weight is 634 g/mol. The third kappa shape index (κ3) is 6.66. The molecule has 1 aliphatic heterocycles. The maximum Gasteiger partial charge on any atom is 0.351 e. The smallest absolute Gasteiger partial charge is 0.351 e. The highest BCUT2D eigenvalue weighted by atomic mass is 16.6. The Morgan fingerprint density at radius 3 is 1.96 bits per heavy atom. The molecule has 10 heteroatoms. The summed E-state index contributed by atoms with van der Waals surface area (Å²) in [5, 5.41) is 13.8. The molecule has 1 saturated heterocycles. The number of anilines is 1. The summed E-state index contributed by atoms with van der Waals surface area (Å²) < 4.78 is 25.3. The van der Waals surface area contributed by atoms with Crippen molar-refractivity contribution >= 4 is 11.7 Å². The Morgan fingerprint density at radius 1 is 0.851 bits per heavy atom. The maximum atomic E-state index is 13.0. The van der Waals surface area contributed by atoms with E-state index in [1.165, 1.54) is 16.8 Å². The van der Waals surface area contributed by atoms with Crippen molar-refractivity contribution in [2.24, 2.45) is 0 Å². The van der Waals surface area contributed by atoms with Gasteiger partial charge in [0, 0.05) is 18.2 Å². The SMILES string of the molecule is COc1ccc(C(OC[C@@H]2O[C@@H](n3ccc(NC(=O)c4ccccc4)nc3=O)C[C@@H]2O)(c2ccccc2)c2ccc(OC)cc2)cc1. The molecule has 0 aliphatic carbocycles. The van der Waals surface area contributed by atoms with Gasteiger partial charge in [0.2, 0.25) is 0 Å². The number of hydrogen-bond acceptors (Lipinski definition) is 8. The van der Waals surface area contributed by atoms with Crippen LogP contribution in [0.4, 0.5) is 5.82 Å². The van der Waals surface area contributed by atoms with Crippen LogP contribution in [0.1, 0.15) is 39.7 Å². The second-order valence-corrected chi connectivity index (χ2v) is 11.1. The van der Waals surface area contributed by atoms with Crippen molar-refractivity contribution in [3.8, 4) is 11.5 Å². The number of benzene rings is 4. The first kappa shape index (κ1) is 31.7. The molecule has 2 N–H and O–H groups in total. The van der Waals surface area contributed by atoms with Crippen LogP contribution in [0.2, 0.25) is 0 Å². The maximum absolute atomic E-state index is 13.0. The van der Waals surface area contributed by atoms with Gasteiger partial charge in [-0.15, -0.1) is 0 Å². The molecule has 47 heavy (non-hydrogen) atoms. The molecule has 0 spiro atoms. The second kappa shape index (κ2) is 14.0. The quantitative estimate of drug-likeness (QED) is 0.191. The van der Waals surface area contributed by atoms with Crippen molar-refractivity contribution in [1.82, 2.24) is 9.55 Å². The second-order valence-electron chi connectivity index (χ2n) is 11.1. The highest BCUT2D eigenvalue weighted by Gasteiger charge is 2.42. The van der Waals surface area contributed by atoms with E-state index in [0.717, 1.165) is 16.7 Å². The summed E-state index contributed by atoms with van der Waals surface area (Å²) in [6.45, 7) is -0.00197. The number of nitrogens with one attached hydrogen (secondary N) is 1. The number of aromatic nitrogens is 2. The third-order valence-electron chi connectivity index (χ3n) is 8.26. The van der Waals surface area contributed by atoms with Gasteiger partial charge < -0.3 is 29.4 Å². The molecule has 1 aliphatic rings. The lowest BCUT2D eigenvalue weighted by atomic mass is 9.80. The van der Waals surface area contributed by atoms with E-state index in [1.54, 1.807) is 38.5 Å². The molecule has 1 amide bonds. The molecule has 240 valence electrons. The normalized spacial score (nSPS) is 17.6. The van der Waals surface area contributed by atoms with E-state index in [0.29, 0.717) is 17.1 Å². The first-order valence-electron chi connectivity index (χ1n) is 15.2. The number of nitrogens with zero attached hydrogens (tertiary/aromatic N) is 2.